The molecule has 1 aliphatic heterocycles. The summed E-state index contributed by atoms with van der Waals surface area (Å²) in [6.45, 7) is 7.02. The van der Waals surface area contributed by atoms with Gasteiger partial charge in [-0.15, -0.1) is 0 Å². The summed E-state index contributed by atoms with van der Waals surface area (Å²) >= 11 is 0. The van der Waals surface area contributed by atoms with Crippen molar-refractivity contribution in [3.05, 3.63) is 131 Å². The van der Waals surface area contributed by atoms with E-state index in [1.807, 2.05) is 79.7 Å². The van der Waals surface area contributed by atoms with Gasteiger partial charge in [0.2, 0.25) is 0 Å². The lowest BCUT2D eigenvalue weighted by atomic mass is 9.94. The normalized spacial score (nSPS) is 16.3. The summed E-state index contributed by atoms with van der Waals surface area (Å²) in [6.07, 6.45) is 0. The zero-order valence-corrected chi connectivity index (χ0v) is 23.4. The van der Waals surface area contributed by atoms with Crippen molar-refractivity contribution in [2.24, 2.45) is 5.92 Å². The van der Waals surface area contributed by atoms with Gasteiger partial charge in [0.25, 0.3) is 11.7 Å². The summed E-state index contributed by atoms with van der Waals surface area (Å²) in [5.74, 6) is 0.0742. The molecule has 4 aromatic rings. The fourth-order valence-corrected chi connectivity index (χ4v) is 4.86. The molecule has 1 unspecified atom stereocenters. The average molecular weight is 548 g/mol. The molecule has 5 rings (SSSR count). The number of para-hydroxylation sites is 1. The number of hydrogen-bond donors (Lipinski definition) is 1. The maximum absolute atomic E-state index is 13.5. The smallest absolute Gasteiger partial charge is 0.300 e. The number of carbonyl (C=O) groups is 2. The van der Waals surface area contributed by atoms with Crippen LogP contribution in [0, 0.1) is 12.8 Å². The van der Waals surface area contributed by atoms with Crippen molar-refractivity contribution in [2.75, 3.05) is 11.5 Å². The van der Waals surface area contributed by atoms with Crippen LogP contribution in [0.25, 0.3) is 5.76 Å². The third kappa shape index (κ3) is 6.02. The van der Waals surface area contributed by atoms with Crippen LogP contribution in [0.4, 0.5) is 5.69 Å². The van der Waals surface area contributed by atoms with Crippen LogP contribution in [0.2, 0.25) is 0 Å². The van der Waals surface area contributed by atoms with E-state index in [4.69, 9.17) is 9.47 Å². The molecule has 0 spiro atoms. The Morgan fingerprint density at radius 3 is 2.15 bits per heavy atom. The molecule has 1 atom stereocenters. The lowest BCUT2D eigenvalue weighted by molar-refractivity contribution is -0.132. The first-order valence-corrected chi connectivity index (χ1v) is 13.7. The Morgan fingerprint density at radius 2 is 1.51 bits per heavy atom. The van der Waals surface area contributed by atoms with Gasteiger partial charge >= 0.3 is 0 Å². The van der Waals surface area contributed by atoms with E-state index < -0.39 is 17.7 Å². The number of Topliss-reactive ketones (excluding diaryl/α,β-unsaturated/α-hetero) is 1. The first-order chi connectivity index (χ1) is 19.8. The molecule has 1 fully saturated rings. The number of amides is 1. The summed E-state index contributed by atoms with van der Waals surface area (Å²) < 4.78 is 11.8. The van der Waals surface area contributed by atoms with Gasteiger partial charge in [-0.25, -0.2) is 0 Å². The van der Waals surface area contributed by atoms with Crippen molar-refractivity contribution in [1.29, 1.82) is 0 Å². The SMILES string of the molecule is Cc1cc(/C(O)=C2/C(=O)C(=O)N(c3ccccc3)C2c2ccc(OCc3ccccc3)cc2)ccc1OCC(C)C. The number of nitrogens with zero attached hydrogens (tertiary/aromatic N) is 1. The molecule has 0 aliphatic carbocycles. The number of anilines is 1. The van der Waals surface area contributed by atoms with Crippen LogP contribution in [0.1, 0.15) is 42.1 Å². The van der Waals surface area contributed by atoms with Gasteiger partial charge in [0.05, 0.1) is 18.2 Å². The van der Waals surface area contributed by atoms with Gasteiger partial charge in [0.15, 0.2) is 0 Å². The van der Waals surface area contributed by atoms with Crippen molar-refractivity contribution >= 4 is 23.1 Å². The van der Waals surface area contributed by atoms with Crippen molar-refractivity contribution in [1.82, 2.24) is 0 Å². The Hall–Kier alpha value is -4.84. The van der Waals surface area contributed by atoms with E-state index in [0.29, 0.717) is 47.4 Å². The van der Waals surface area contributed by atoms with E-state index in [0.717, 1.165) is 11.1 Å². The molecule has 6 heteroatoms. The van der Waals surface area contributed by atoms with E-state index >= 15 is 0 Å². The lowest BCUT2D eigenvalue weighted by Gasteiger charge is -2.25. The van der Waals surface area contributed by atoms with Gasteiger partial charge in [-0.1, -0.05) is 74.5 Å². The predicted molar refractivity (Wildman–Crippen MR) is 160 cm³/mol. The third-order valence-electron chi connectivity index (χ3n) is 6.94. The lowest BCUT2D eigenvalue weighted by Crippen LogP contribution is -2.29. The highest BCUT2D eigenvalue weighted by Crippen LogP contribution is 2.42. The van der Waals surface area contributed by atoms with Crippen molar-refractivity contribution < 1.29 is 24.2 Å². The van der Waals surface area contributed by atoms with Crippen LogP contribution in [-0.4, -0.2) is 23.4 Å². The Morgan fingerprint density at radius 1 is 0.854 bits per heavy atom. The zero-order chi connectivity index (χ0) is 28.9. The number of hydrogen-bond acceptors (Lipinski definition) is 5. The minimum Gasteiger partial charge on any atom is -0.507 e. The maximum Gasteiger partial charge on any atom is 0.300 e. The number of carbonyl (C=O) groups excluding carboxylic acids is 2. The molecule has 0 saturated carbocycles. The molecule has 41 heavy (non-hydrogen) atoms. The molecule has 1 aliphatic rings. The van der Waals surface area contributed by atoms with Gasteiger partial charge in [0.1, 0.15) is 23.9 Å². The number of ether oxygens (including phenoxy) is 2. The molecule has 1 amide bonds. The van der Waals surface area contributed by atoms with Gasteiger partial charge in [0, 0.05) is 11.3 Å². The highest BCUT2D eigenvalue weighted by Gasteiger charge is 2.47. The van der Waals surface area contributed by atoms with Crippen molar-refractivity contribution in [3.8, 4) is 11.5 Å². The summed E-state index contributed by atoms with van der Waals surface area (Å²) in [6, 6.07) is 30.6. The minimum atomic E-state index is -0.822. The molecular formula is C35H33NO5. The van der Waals surface area contributed by atoms with Gasteiger partial charge in [-0.3, -0.25) is 14.5 Å². The van der Waals surface area contributed by atoms with E-state index in [2.05, 4.69) is 13.8 Å². The molecule has 4 aromatic carbocycles. The molecule has 1 heterocycles. The largest absolute Gasteiger partial charge is 0.507 e. The quantitative estimate of drug-likeness (QED) is 0.136. The number of ketones is 1. The summed E-state index contributed by atoms with van der Waals surface area (Å²) in [5.41, 5.74) is 3.59. The minimum absolute atomic E-state index is 0.0343. The predicted octanol–water partition coefficient (Wildman–Crippen LogP) is 7.24. The summed E-state index contributed by atoms with van der Waals surface area (Å²) in [4.78, 5) is 28.3. The Balaban J connectivity index is 1.52. The molecular weight excluding hydrogens is 514 g/mol. The first kappa shape index (κ1) is 27.7. The molecule has 1 saturated heterocycles. The highest BCUT2D eigenvalue weighted by molar-refractivity contribution is 6.51. The second-order valence-electron chi connectivity index (χ2n) is 10.5. The van der Waals surface area contributed by atoms with Gasteiger partial charge in [-0.05, 0) is 72.0 Å². The molecule has 0 radical (unpaired) electrons. The summed E-state index contributed by atoms with van der Waals surface area (Å²) in [5, 5.41) is 11.5. The fraction of sp³-hybridized carbons (Fsp3) is 0.200. The maximum atomic E-state index is 13.5. The van der Waals surface area contributed by atoms with Gasteiger partial charge in [-0.2, -0.15) is 0 Å². The second kappa shape index (κ2) is 12.1. The number of aryl methyl sites for hydroxylation is 1. The Bertz CT molecular complexity index is 1560. The third-order valence-corrected chi connectivity index (χ3v) is 6.94. The van der Waals surface area contributed by atoms with Gasteiger partial charge < -0.3 is 14.6 Å². The topological polar surface area (TPSA) is 76.1 Å². The molecule has 6 nitrogen and oxygen atoms in total. The van der Waals surface area contributed by atoms with E-state index in [1.54, 1.807) is 30.3 Å². The van der Waals surface area contributed by atoms with Crippen LogP contribution in [0.3, 0.4) is 0 Å². The van der Waals surface area contributed by atoms with Crippen LogP contribution in [0.5, 0.6) is 11.5 Å². The number of aliphatic hydroxyl groups excluding tert-OH is 1. The molecule has 0 bridgehead atoms. The Labute approximate surface area is 240 Å². The van der Waals surface area contributed by atoms with E-state index in [1.165, 1.54) is 4.90 Å². The Kier molecular flexibility index (Phi) is 8.20. The zero-order valence-electron chi connectivity index (χ0n) is 23.4. The fourth-order valence-electron chi connectivity index (χ4n) is 4.86. The van der Waals surface area contributed by atoms with Crippen LogP contribution in [-0.2, 0) is 16.2 Å². The standard InChI is InChI=1S/C35H33NO5/c1-23(2)21-41-30-19-16-27(20-24(30)3)33(37)31-32(36(35(39)34(31)38)28-12-8-5-9-13-28)26-14-17-29(18-15-26)40-22-25-10-6-4-7-11-25/h4-20,23,32,37H,21-22H2,1-3H3/b33-31-. The molecule has 208 valence electrons. The van der Waals surface area contributed by atoms with Crippen molar-refractivity contribution in [2.45, 2.75) is 33.4 Å². The number of rotatable bonds is 9. The summed E-state index contributed by atoms with van der Waals surface area (Å²) in [7, 11) is 0. The first-order valence-electron chi connectivity index (χ1n) is 13.7. The van der Waals surface area contributed by atoms with Crippen LogP contribution >= 0.6 is 0 Å². The average Bonchev–Trinajstić information content (AvgIpc) is 3.26. The van der Waals surface area contributed by atoms with Crippen molar-refractivity contribution in [3.63, 3.8) is 0 Å². The van der Waals surface area contributed by atoms with E-state index in [9.17, 15) is 14.7 Å². The number of benzene rings is 4. The number of aliphatic hydroxyl groups is 1. The van der Waals surface area contributed by atoms with Crippen LogP contribution in [0.15, 0.2) is 109 Å². The highest BCUT2D eigenvalue weighted by atomic mass is 16.5. The van der Waals surface area contributed by atoms with E-state index in [-0.39, 0.29) is 11.3 Å². The molecule has 1 N–H and O–H groups in total. The molecule has 0 aromatic heterocycles. The second-order valence-corrected chi connectivity index (χ2v) is 10.5. The van der Waals surface area contributed by atoms with Crippen LogP contribution < -0.4 is 14.4 Å². The monoisotopic (exact) mass is 547 g/mol.